The highest BCUT2D eigenvalue weighted by Crippen LogP contribution is 2.33. The van der Waals surface area contributed by atoms with Crippen LogP contribution in [0.15, 0.2) is 22.7 Å². The summed E-state index contributed by atoms with van der Waals surface area (Å²) in [4.78, 5) is 1.94. The lowest BCUT2D eigenvalue weighted by Crippen LogP contribution is -2.18. The van der Waals surface area contributed by atoms with E-state index in [4.69, 9.17) is 33.5 Å². The molecule has 0 saturated heterocycles. The van der Waals surface area contributed by atoms with Gasteiger partial charge in [-0.15, -0.1) is 0 Å². The maximum absolute atomic E-state index is 5.99. The van der Waals surface area contributed by atoms with Gasteiger partial charge in [0.05, 0.1) is 28.0 Å². The first-order valence-electron chi connectivity index (χ1n) is 5.35. The fourth-order valence-electron chi connectivity index (χ4n) is 1.70. The Labute approximate surface area is 115 Å². The summed E-state index contributed by atoms with van der Waals surface area (Å²) in [5, 5.41) is 4.86. The quantitative estimate of drug-likeness (QED) is 0.877. The molecule has 2 rings (SSSR count). The Morgan fingerprint density at radius 3 is 2.56 bits per heavy atom. The van der Waals surface area contributed by atoms with Crippen LogP contribution >= 0.6 is 23.2 Å². The number of nitrogens with two attached hydrogens (primary N) is 1. The second kappa shape index (κ2) is 5.08. The molecule has 96 valence electrons. The van der Waals surface area contributed by atoms with Crippen molar-refractivity contribution in [3.05, 3.63) is 39.7 Å². The van der Waals surface area contributed by atoms with Gasteiger partial charge in [-0.05, 0) is 19.1 Å². The first kappa shape index (κ1) is 13.1. The molecule has 0 bridgehead atoms. The molecule has 0 aliphatic carbocycles. The minimum atomic E-state index is 0.448. The van der Waals surface area contributed by atoms with Crippen LogP contribution in [0.4, 0.5) is 11.4 Å². The Hall–Kier alpha value is -1.39. The van der Waals surface area contributed by atoms with Crippen LogP contribution in [0, 0.1) is 6.92 Å². The van der Waals surface area contributed by atoms with Crippen molar-refractivity contribution in [3.63, 3.8) is 0 Å². The van der Waals surface area contributed by atoms with Gasteiger partial charge in [-0.25, -0.2) is 0 Å². The zero-order chi connectivity index (χ0) is 13.3. The third-order valence-electron chi connectivity index (χ3n) is 2.56. The Bertz CT molecular complexity index is 568. The minimum absolute atomic E-state index is 0.448. The zero-order valence-corrected chi connectivity index (χ0v) is 11.6. The highest BCUT2D eigenvalue weighted by atomic mass is 35.5. The van der Waals surface area contributed by atoms with E-state index in [1.54, 1.807) is 12.1 Å². The standard InChI is InChI=1S/C12H13Cl2N3O/c1-7-3-8(16-18-7)6-17(2)12-5-10(14)9(13)4-11(12)15/h3-5H,6,15H2,1-2H3. The van der Waals surface area contributed by atoms with Crippen LogP contribution in [0.2, 0.25) is 10.0 Å². The van der Waals surface area contributed by atoms with E-state index < -0.39 is 0 Å². The van der Waals surface area contributed by atoms with Crippen molar-refractivity contribution in [1.82, 2.24) is 5.16 Å². The first-order chi connectivity index (χ1) is 8.47. The molecule has 2 aromatic rings. The Morgan fingerprint density at radius 1 is 1.28 bits per heavy atom. The smallest absolute Gasteiger partial charge is 0.133 e. The van der Waals surface area contributed by atoms with Gasteiger partial charge in [-0.2, -0.15) is 0 Å². The zero-order valence-electron chi connectivity index (χ0n) is 10.1. The lowest BCUT2D eigenvalue weighted by Gasteiger charge is -2.20. The third-order valence-corrected chi connectivity index (χ3v) is 3.28. The fraction of sp³-hybridized carbons (Fsp3) is 0.250. The number of aromatic nitrogens is 1. The molecule has 18 heavy (non-hydrogen) atoms. The van der Waals surface area contributed by atoms with Gasteiger partial charge in [0, 0.05) is 13.1 Å². The molecule has 0 amide bonds. The van der Waals surface area contributed by atoms with E-state index >= 15 is 0 Å². The van der Waals surface area contributed by atoms with E-state index in [0.29, 0.717) is 22.3 Å². The first-order valence-corrected chi connectivity index (χ1v) is 6.11. The lowest BCUT2D eigenvalue weighted by molar-refractivity contribution is 0.390. The fourth-order valence-corrected chi connectivity index (χ4v) is 2.03. The molecule has 4 nitrogen and oxygen atoms in total. The SMILES string of the molecule is Cc1cc(CN(C)c2cc(Cl)c(Cl)cc2N)no1. The summed E-state index contributed by atoms with van der Waals surface area (Å²) in [6, 6.07) is 5.26. The number of benzene rings is 1. The van der Waals surface area contributed by atoms with Gasteiger partial charge in [0.2, 0.25) is 0 Å². The highest BCUT2D eigenvalue weighted by Gasteiger charge is 2.11. The highest BCUT2D eigenvalue weighted by molar-refractivity contribution is 6.42. The van der Waals surface area contributed by atoms with Gasteiger partial charge in [0.15, 0.2) is 0 Å². The molecule has 0 atom stereocenters. The number of nitrogens with zero attached hydrogens (tertiary/aromatic N) is 2. The van der Waals surface area contributed by atoms with Crippen LogP contribution in [0.3, 0.4) is 0 Å². The number of hydrogen-bond acceptors (Lipinski definition) is 4. The van der Waals surface area contributed by atoms with E-state index in [9.17, 15) is 0 Å². The Morgan fingerprint density at radius 2 is 1.94 bits per heavy atom. The van der Waals surface area contributed by atoms with Crippen LogP contribution in [0.1, 0.15) is 11.5 Å². The summed E-state index contributed by atoms with van der Waals surface area (Å²) in [6.45, 7) is 2.43. The molecule has 1 heterocycles. The van der Waals surface area contributed by atoms with Crippen molar-refractivity contribution < 1.29 is 4.52 Å². The number of halogens is 2. The van der Waals surface area contributed by atoms with Crippen molar-refractivity contribution in [3.8, 4) is 0 Å². The predicted octanol–water partition coefficient (Wildman–Crippen LogP) is 3.51. The average Bonchev–Trinajstić information content (AvgIpc) is 2.69. The third kappa shape index (κ3) is 2.71. The van der Waals surface area contributed by atoms with Crippen LogP contribution in [0.25, 0.3) is 0 Å². The molecule has 2 N–H and O–H groups in total. The van der Waals surface area contributed by atoms with Crippen LogP contribution in [-0.2, 0) is 6.54 Å². The molecule has 0 aliphatic heterocycles. The molecule has 0 saturated carbocycles. The molecule has 0 spiro atoms. The summed E-state index contributed by atoms with van der Waals surface area (Å²) < 4.78 is 5.02. The lowest BCUT2D eigenvalue weighted by atomic mass is 10.2. The van der Waals surface area contributed by atoms with Gasteiger partial charge in [0.1, 0.15) is 11.5 Å². The maximum Gasteiger partial charge on any atom is 0.133 e. The molecular weight excluding hydrogens is 273 g/mol. The predicted molar refractivity (Wildman–Crippen MR) is 74.2 cm³/mol. The summed E-state index contributed by atoms with van der Waals surface area (Å²) in [6.07, 6.45) is 0. The van der Waals surface area contributed by atoms with Crippen molar-refractivity contribution >= 4 is 34.6 Å². The van der Waals surface area contributed by atoms with E-state index in [1.807, 2.05) is 24.9 Å². The largest absolute Gasteiger partial charge is 0.397 e. The molecule has 0 unspecified atom stereocenters. The number of anilines is 2. The summed E-state index contributed by atoms with van der Waals surface area (Å²) in [5.41, 5.74) is 8.14. The second-order valence-electron chi connectivity index (χ2n) is 4.11. The van der Waals surface area contributed by atoms with Gasteiger partial charge in [-0.3, -0.25) is 0 Å². The van der Waals surface area contributed by atoms with Crippen molar-refractivity contribution in [2.45, 2.75) is 13.5 Å². The van der Waals surface area contributed by atoms with Crippen LogP contribution in [-0.4, -0.2) is 12.2 Å². The van der Waals surface area contributed by atoms with Crippen molar-refractivity contribution in [1.29, 1.82) is 0 Å². The van der Waals surface area contributed by atoms with Gasteiger partial charge < -0.3 is 15.2 Å². The number of hydrogen-bond donors (Lipinski definition) is 1. The molecule has 0 aliphatic rings. The molecule has 1 aromatic heterocycles. The topological polar surface area (TPSA) is 55.3 Å². The monoisotopic (exact) mass is 285 g/mol. The maximum atomic E-state index is 5.99. The Balaban J connectivity index is 2.23. The number of nitrogen functional groups attached to an aromatic ring is 1. The van der Waals surface area contributed by atoms with Crippen molar-refractivity contribution in [2.75, 3.05) is 17.7 Å². The average molecular weight is 286 g/mol. The summed E-state index contributed by atoms with van der Waals surface area (Å²) in [7, 11) is 1.90. The molecule has 0 radical (unpaired) electrons. The molecule has 6 heteroatoms. The van der Waals surface area contributed by atoms with Crippen LogP contribution < -0.4 is 10.6 Å². The summed E-state index contributed by atoms with van der Waals surface area (Å²) in [5.74, 6) is 0.778. The molecule has 1 aromatic carbocycles. The van der Waals surface area contributed by atoms with Gasteiger partial charge in [0.25, 0.3) is 0 Å². The van der Waals surface area contributed by atoms with E-state index in [2.05, 4.69) is 5.16 Å². The molecule has 0 fully saturated rings. The van der Waals surface area contributed by atoms with Gasteiger partial charge in [-0.1, -0.05) is 28.4 Å². The van der Waals surface area contributed by atoms with Crippen molar-refractivity contribution in [2.24, 2.45) is 0 Å². The number of rotatable bonds is 3. The number of aryl methyl sites for hydroxylation is 1. The van der Waals surface area contributed by atoms with E-state index in [-0.39, 0.29) is 0 Å². The van der Waals surface area contributed by atoms with E-state index in [1.165, 1.54) is 0 Å². The second-order valence-corrected chi connectivity index (χ2v) is 4.92. The summed E-state index contributed by atoms with van der Waals surface area (Å²) >= 11 is 11.9. The van der Waals surface area contributed by atoms with E-state index in [0.717, 1.165) is 17.1 Å². The minimum Gasteiger partial charge on any atom is -0.397 e. The van der Waals surface area contributed by atoms with Gasteiger partial charge >= 0.3 is 0 Å². The van der Waals surface area contributed by atoms with Crippen LogP contribution in [0.5, 0.6) is 0 Å². The Kier molecular flexibility index (Phi) is 3.68. The normalized spacial score (nSPS) is 10.7. The molecular formula is C12H13Cl2N3O.